The van der Waals surface area contributed by atoms with Gasteiger partial charge >= 0.3 is 0 Å². The maximum atomic E-state index is 14.1. The normalized spacial score (nSPS) is 17.7. The van der Waals surface area contributed by atoms with Crippen molar-refractivity contribution in [2.45, 2.75) is 46.0 Å². The molecule has 1 aromatic carbocycles. The number of Topliss-reactive ketones (excluding diaryl/α,β-unsaturated/α-hetero) is 1. The number of halogens is 3. The van der Waals surface area contributed by atoms with Gasteiger partial charge in [0.15, 0.2) is 5.78 Å². The second kappa shape index (κ2) is 6.15. The lowest BCUT2D eigenvalue weighted by Crippen LogP contribution is -2.30. The number of hydrogen-bond donors (Lipinski definition) is 0. The van der Waals surface area contributed by atoms with Crippen LogP contribution in [0.15, 0.2) is 16.6 Å². The molecule has 0 radical (unpaired) electrons. The highest BCUT2D eigenvalue weighted by Gasteiger charge is 2.42. The smallest absolute Gasteiger partial charge is 0.172 e. The zero-order valence-corrected chi connectivity index (χ0v) is 14.2. The first-order chi connectivity index (χ1) is 9.35. The molecule has 0 amide bonds. The molecule has 1 aliphatic rings. The van der Waals surface area contributed by atoms with Gasteiger partial charge in [-0.15, -0.1) is 0 Å². The van der Waals surface area contributed by atoms with Crippen molar-refractivity contribution in [3.05, 3.63) is 33.0 Å². The average Bonchev–Trinajstić information content (AvgIpc) is 2.81. The van der Waals surface area contributed by atoms with Crippen LogP contribution in [0, 0.1) is 17.2 Å². The van der Waals surface area contributed by atoms with Gasteiger partial charge in [-0.25, -0.2) is 4.39 Å². The lowest BCUT2D eigenvalue weighted by molar-refractivity contribution is 0.0755. The first-order valence-corrected chi connectivity index (χ1v) is 8.22. The molecule has 1 fully saturated rings. The first-order valence-electron chi connectivity index (χ1n) is 7.05. The molecule has 0 unspecified atom stereocenters. The van der Waals surface area contributed by atoms with Crippen LogP contribution < -0.4 is 0 Å². The first kappa shape index (κ1) is 16.0. The van der Waals surface area contributed by atoms with Crippen molar-refractivity contribution in [3.8, 4) is 0 Å². The summed E-state index contributed by atoms with van der Waals surface area (Å²) >= 11 is 9.21. The minimum atomic E-state index is -0.485. The number of carbonyl (C=O) groups excluding carboxylic acids is 1. The fraction of sp³-hybridized carbons (Fsp3) is 0.562. The highest BCUT2D eigenvalue weighted by molar-refractivity contribution is 9.10. The van der Waals surface area contributed by atoms with E-state index in [-0.39, 0.29) is 11.3 Å². The van der Waals surface area contributed by atoms with E-state index in [1.807, 2.05) is 0 Å². The third-order valence-electron chi connectivity index (χ3n) is 4.10. The lowest BCUT2D eigenvalue weighted by Gasteiger charge is -2.29. The molecule has 0 aromatic heterocycles. The number of ketones is 1. The van der Waals surface area contributed by atoms with E-state index in [0.717, 1.165) is 32.1 Å². The minimum absolute atomic E-state index is 0.0735. The molecule has 0 bridgehead atoms. The third kappa shape index (κ3) is 3.09. The van der Waals surface area contributed by atoms with Crippen LogP contribution in [-0.4, -0.2) is 5.78 Å². The molecule has 0 aliphatic heterocycles. The van der Waals surface area contributed by atoms with Crippen molar-refractivity contribution < 1.29 is 9.18 Å². The van der Waals surface area contributed by atoms with Gasteiger partial charge in [-0.05, 0) is 53.2 Å². The van der Waals surface area contributed by atoms with Crippen molar-refractivity contribution in [1.29, 1.82) is 0 Å². The van der Waals surface area contributed by atoms with Crippen LogP contribution >= 0.6 is 27.5 Å². The van der Waals surface area contributed by atoms with Crippen molar-refractivity contribution >= 4 is 33.3 Å². The van der Waals surface area contributed by atoms with Gasteiger partial charge in [0.2, 0.25) is 0 Å². The van der Waals surface area contributed by atoms with E-state index in [0.29, 0.717) is 15.4 Å². The molecule has 4 heteroatoms. The van der Waals surface area contributed by atoms with Crippen LogP contribution in [0.3, 0.4) is 0 Å². The summed E-state index contributed by atoms with van der Waals surface area (Å²) < 4.78 is 14.6. The minimum Gasteiger partial charge on any atom is -0.293 e. The zero-order chi connectivity index (χ0) is 14.9. The summed E-state index contributed by atoms with van der Waals surface area (Å²) in [5.74, 6) is -0.136. The molecule has 1 aromatic rings. The average molecular weight is 362 g/mol. The van der Waals surface area contributed by atoms with Crippen LogP contribution in [0.1, 0.15) is 56.3 Å². The maximum absolute atomic E-state index is 14.1. The van der Waals surface area contributed by atoms with Crippen molar-refractivity contribution in [2.75, 3.05) is 0 Å². The Balaban J connectivity index is 2.40. The van der Waals surface area contributed by atoms with E-state index in [9.17, 15) is 9.18 Å². The van der Waals surface area contributed by atoms with Gasteiger partial charge in [0.25, 0.3) is 0 Å². The van der Waals surface area contributed by atoms with Gasteiger partial charge in [0, 0.05) is 9.89 Å². The Hall–Kier alpha value is -0.410. The van der Waals surface area contributed by atoms with Crippen LogP contribution in [0.4, 0.5) is 4.39 Å². The molecule has 0 heterocycles. The Morgan fingerprint density at radius 3 is 2.55 bits per heavy atom. The molecule has 0 N–H and O–H groups in total. The largest absolute Gasteiger partial charge is 0.293 e. The number of hydrogen-bond acceptors (Lipinski definition) is 1. The van der Waals surface area contributed by atoms with Crippen LogP contribution in [0.2, 0.25) is 5.02 Å². The molecule has 1 aliphatic carbocycles. The Kier molecular flexibility index (Phi) is 4.91. The van der Waals surface area contributed by atoms with Gasteiger partial charge in [-0.3, -0.25) is 4.79 Å². The summed E-state index contributed by atoms with van der Waals surface area (Å²) in [4.78, 5) is 12.9. The molecule has 1 saturated carbocycles. The van der Waals surface area contributed by atoms with Crippen LogP contribution in [-0.2, 0) is 0 Å². The molecule has 0 saturated heterocycles. The van der Waals surface area contributed by atoms with Crippen molar-refractivity contribution in [1.82, 2.24) is 0 Å². The molecule has 110 valence electrons. The number of benzene rings is 1. The summed E-state index contributed by atoms with van der Waals surface area (Å²) in [6.45, 7) is 4.22. The van der Waals surface area contributed by atoms with E-state index in [2.05, 4.69) is 29.8 Å². The van der Waals surface area contributed by atoms with E-state index in [4.69, 9.17) is 11.6 Å². The Bertz CT molecular complexity index is 521. The van der Waals surface area contributed by atoms with Gasteiger partial charge in [0.1, 0.15) is 5.82 Å². The summed E-state index contributed by atoms with van der Waals surface area (Å²) in [5.41, 5.74) is -0.257. The summed E-state index contributed by atoms with van der Waals surface area (Å²) in [7, 11) is 0. The molecular weight excluding hydrogens is 343 g/mol. The molecule has 0 spiro atoms. The second-order valence-electron chi connectivity index (χ2n) is 6.16. The van der Waals surface area contributed by atoms with Crippen molar-refractivity contribution in [2.24, 2.45) is 11.3 Å². The van der Waals surface area contributed by atoms with E-state index in [1.54, 1.807) is 0 Å². The highest BCUT2D eigenvalue weighted by Crippen LogP contribution is 2.46. The van der Waals surface area contributed by atoms with Gasteiger partial charge in [-0.1, -0.05) is 38.3 Å². The number of carbonyl (C=O) groups is 1. The predicted octanol–water partition coefficient (Wildman–Crippen LogP) is 6.03. The van der Waals surface area contributed by atoms with Crippen LogP contribution in [0.25, 0.3) is 0 Å². The lowest BCUT2D eigenvalue weighted by atomic mass is 9.73. The van der Waals surface area contributed by atoms with Gasteiger partial charge in [0.05, 0.1) is 10.6 Å². The standard InChI is InChI=1S/C16H19BrClFO/c1-10(2)9-16(5-3-4-6-16)15(20)11-7-13(18)12(17)8-14(11)19/h7-8,10H,3-6,9H2,1-2H3. The SMILES string of the molecule is CC(C)CC1(C(=O)c2cc(Cl)c(Br)cc2F)CCCC1. The predicted molar refractivity (Wildman–Crippen MR) is 83.8 cm³/mol. The molecule has 2 rings (SSSR count). The van der Waals surface area contributed by atoms with Crippen molar-refractivity contribution in [3.63, 3.8) is 0 Å². The zero-order valence-electron chi connectivity index (χ0n) is 11.8. The Morgan fingerprint density at radius 2 is 2.00 bits per heavy atom. The molecular formula is C16H19BrClFO. The third-order valence-corrected chi connectivity index (χ3v) is 5.29. The van der Waals surface area contributed by atoms with E-state index < -0.39 is 11.2 Å². The van der Waals surface area contributed by atoms with Gasteiger partial charge < -0.3 is 0 Å². The van der Waals surface area contributed by atoms with Crippen LogP contribution in [0.5, 0.6) is 0 Å². The Morgan fingerprint density at radius 1 is 1.40 bits per heavy atom. The molecule has 20 heavy (non-hydrogen) atoms. The summed E-state index contributed by atoms with van der Waals surface area (Å²) in [5, 5.41) is 0.382. The molecule has 0 atom stereocenters. The van der Waals surface area contributed by atoms with E-state index >= 15 is 0 Å². The summed E-state index contributed by atoms with van der Waals surface area (Å²) in [6.07, 6.45) is 4.63. The fourth-order valence-corrected chi connectivity index (χ4v) is 3.82. The summed E-state index contributed by atoms with van der Waals surface area (Å²) in [6, 6.07) is 2.75. The second-order valence-corrected chi connectivity index (χ2v) is 7.42. The topological polar surface area (TPSA) is 17.1 Å². The maximum Gasteiger partial charge on any atom is 0.172 e. The van der Waals surface area contributed by atoms with E-state index in [1.165, 1.54) is 12.1 Å². The Labute approximate surface area is 133 Å². The highest BCUT2D eigenvalue weighted by atomic mass is 79.9. The fourth-order valence-electron chi connectivity index (χ4n) is 3.34. The quantitative estimate of drug-likeness (QED) is 0.472. The monoisotopic (exact) mass is 360 g/mol. The number of rotatable bonds is 4. The van der Waals surface area contributed by atoms with Gasteiger partial charge in [-0.2, -0.15) is 0 Å². The molecule has 1 nitrogen and oxygen atoms in total.